The first-order chi connectivity index (χ1) is 8.33. The van der Waals surface area contributed by atoms with Crippen LogP contribution in [-0.2, 0) is 13.0 Å². The van der Waals surface area contributed by atoms with Crippen molar-refractivity contribution in [1.82, 2.24) is 10.2 Å². The van der Waals surface area contributed by atoms with E-state index in [1.165, 1.54) is 35.4 Å². The Balaban J connectivity index is 1.85. The Morgan fingerprint density at radius 1 is 1.29 bits per heavy atom. The Morgan fingerprint density at radius 3 is 3.00 bits per heavy atom. The van der Waals surface area contributed by atoms with Crippen molar-refractivity contribution in [2.24, 2.45) is 0 Å². The maximum atomic E-state index is 5.80. The van der Waals surface area contributed by atoms with Crippen LogP contribution in [0.5, 0.6) is 0 Å². The molecule has 1 aromatic heterocycles. The second-order valence-corrected chi connectivity index (χ2v) is 5.75. The third-order valence-corrected chi connectivity index (χ3v) is 3.98. The molecule has 0 unspecified atom stereocenters. The molecule has 0 aliphatic carbocycles. The van der Waals surface area contributed by atoms with E-state index in [4.69, 9.17) is 11.6 Å². The number of hydrogen-bond acceptors (Lipinski definition) is 4. The zero-order chi connectivity index (χ0) is 11.7. The van der Waals surface area contributed by atoms with Gasteiger partial charge in [0.1, 0.15) is 5.01 Å². The number of hydrogen-bond donors (Lipinski definition) is 0. The van der Waals surface area contributed by atoms with Crippen molar-refractivity contribution in [3.8, 4) is 0 Å². The van der Waals surface area contributed by atoms with Gasteiger partial charge in [0.05, 0.1) is 6.54 Å². The molecular weight excluding hydrogens is 254 g/mol. The van der Waals surface area contributed by atoms with Crippen molar-refractivity contribution >= 4 is 28.6 Å². The monoisotopic (exact) mass is 265 g/mol. The summed E-state index contributed by atoms with van der Waals surface area (Å²) < 4.78 is 0.519. The van der Waals surface area contributed by atoms with Crippen molar-refractivity contribution in [3.63, 3.8) is 0 Å². The fraction of sp³-hybridized carbons (Fsp3) is 0.333. The Bertz CT molecular complexity index is 526. The minimum atomic E-state index is 0.519. The number of anilines is 1. The first-order valence-electron chi connectivity index (χ1n) is 5.63. The molecule has 0 radical (unpaired) electrons. The van der Waals surface area contributed by atoms with E-state index in [1.54, 1.807) is 0 Å². The molecule has 0 amide bonds. The lowest BCUT2D eigenvalue weighted by atomic mass is 10.0. The SMILES string of the molecule is Clc1nnc(CN2CCCc3ccccc32)s1. The Labute approximate surface area is 109 Å². The van der Waals surface area contributed by atoms with Gasteiger partial charge >= 0.3 is 0 Å². The fourth-order valence-electron chi connectivity index (χ4n) is 2.24. The smallest absolute Gasteiger partial charge is 0.207 e. The van der Waals surface area contributed by atoms with Crippen molar-refractivity contribution < 1.29 is 0 Å². The van der Waals surface area contributed by atoms with E-state index in [9.17, 15) is 0 Å². The molecule has 0 atom stereocenters. The quantitative estimate of drug-likeness (QED) is 0.835. The highest BCUT2D eigenvalue weighted by molar-refractivity contribution is 7.15. The van der Waals surface area contributed by atoms with E-state index in [0.29, 0.717) is 4.47 Å². The largest absolute Gasteiger partial charge is 0.364 e. The number of aryl methyl sites for hydroxylation is 1. The predicted octanol–water partition coefficient (Wildman–Crippen LogP) is 3.14. The molecule has 88 valence electrons. The van der Waals surface area contributed by atoms with E-state index >= 15 is 0 Å². The topological polar surface area (TPSA) is 29.0 Å². The Kier molecular flexibility index (Phi) is 2.99. The highest BCUT2D eigenvalue weighted by Crippen LogP contribution is 2.28. The van der Waals surface area contributed by atoms with Crippen LogP contribution >= 0.6 is 22.9 Å². The molecule has 1 aromatic carbocycles. The lowest BCUT2D eigenvalue weighted by Crippen LogP contribution is -2.28. The Hall–Kier alpha value is -1.13. The molecule has 0 fully saturated rings. The molecule has 0 spiro atoms. The summed E-state index contributed by atoms with van der Waals surface area (Å²) in [6.07, 6.45) is 2.37. The van der Waals surface area contributed by atoms with Gasteiger partial charge in [0.2, 0.25) is 4.47 Å². The van der Waals surface area contributed by atoms with Gasteiger partial charge in [-0.1, -0.05) is 29.5 Å². The summed E-state index contributed by atoms with van der Waals surface area (Å²) in [6.45, 7) is 1.88. The van der Waals surface area contributed by atoms with Crippen molar-refractivity contribution in [3.05, 3.63) is 39.3 Å². The van der Waals surface area contributed by atoms with Crippen LogP contribution in [0.25, 0.3) is 0 Å². The highest BCUT2D eigenvalue weighted by atomic mass is 35.5. The molecule has 1 aliphatic heterocycles. The van der Waals surface area contributed by atoms with Gasteiger partial charge in [0.25, 0.3) is 0 Å². The third kappa shape index (κ3) is 2.28. The van der Waals surface area contributed by atoms with Crippen LogP contribution in [0.1, 0.15) is 17.0 Å². The number of fused-ring (bicyclic) bond motifs is 1. The molecule has 0 saturated heterocycles. The first-order valence-corrected chi connectivity index (χ1v) is 6.83. The van der Waals surface area contributed by atoms with Gasteiger partial charge in [-0.05, 0) is 36.1 Å². The summed E-state index contributed by atoms with van der Waals surface area (Å²) in [5, 5.41) is 8.90. The number of nitrogens with zero attached hydrogens (tertiary/aromatic N) is 3. The van der Waals surface area contributed by atoms with E-state index in [0.717, 1.165) is 18.1 Å². The average Bonchev–Trinajstić information content (AvgIpc) is 2.75. The molecule has 2 aromatic rings. The molecule has 0 saturated carbocycles. The lowest BCUT2D eigenvalue weighted by molar-refractivity contribution is 0.686. The van der Waals surface area contributed by atoms with Crippen LogP contribution in [0.4, 0.5) is 5.69 Å². The van der Waals surface area contributed by atoms with Gasteiger partial charge in [-0.25, -0.2) is 0 Å². The van der Waals surface area contributed by atoms with Gasteiger partial charge < -0.3 is 4.90 Å². The number of para-hydroxylation sites is 1. The summed E-state index contributed by atoms with van der Waals surface area (Å²) >= 11 is 7.26. The van der Waals surface area contributed by atoms with Gasteiger partial charge in [-0.2, -0.15) is 0 Å². The van der Waals surface area contributed by atoms with Crippen molar-refractivity contribution in [2.75, 3.05) is 11.4 Å². The molecule has 5 heteroatoms. The summed E-state index contributed by atoms with van der Waals surface area (Å²) in [4.78, 5) is 2.36. The zero-order valence-electron chi connectivity index (χ0n) is 9.27. The van der Waals surface area contributed by atoms with Crippen molar-refractivity contribution in [2.45, 2.75) is 19.4 Å². The average molecular weight is 266 g/mol. The zero-order valence-corrected chi connectivity index (χ0v) is 10.8. The number of benzene rings is 1. The van der Waals surface area contributed by atoms with E-state index in [-0.39, 0.29) is 0 Å². The maximum Gasteiger partial charge on any atom is 0.207 e. The summed E-state index contributed by atoms with van der Waals surface area (Å²) in [5.74, 6) is 0. The molecule has 1 aliphatic rings. The van der Waals surface area contributed by atoms with Crippen molar-refractivity contribution in [1.29, 1.82) is 0 Å². The van der Waals surface area contributed by atoms with E-state index in [1.807, 2.05) is 0 Å². The van der Waals surface area contributed by atoms with Gasteiger partial charge in [-0.15, -0.1) is 10.2 Å². The summed E-state index contributed by atoms with van der Waals surface area (Å²) in [5.41, 5.74) is 2.75. The summed E-state index contributed by atoms with van der Waals surface area (Å²) in [6, 6.07) is 8.57. The van der Waals surface area contributed by atoms with Crippen LogP contribution in [0.3, 0.4) is 0 Å². The lowest BCUT2D eigenvalue weighted by Gasteiger charge is -2.30. The molecular formula is C12H12ClN3S. The molecule has 0 bridgehead atoms. The highest BCUT2D eigenvalue weighted by Gasteiger charge is 2.17. The van der Waals surface area contributed by atoms with E-state index < -0.39 is 0 Å². The molecule has 0 N–H and O–H groups in total. The minimum absolute atomic E-state index is 0.519. The molecule has 2 heterocycles. The van der Waals surface area contributed by atoms with Gasteiger partial charge in [0, 0.05) is 12.2 Å². The fourth-order valence-corrected chi connectivity index (χ4v) is 3.12. The van der Waals surface area contributed by atoms with Crippen LogP contribution < -0.4 is 4.90 Å². The van der Waals surface area contributed by atoms with Gasteiger partial charge in [-0.3, -0.25) is 0 Å². The van der Waals surface area contributed by atoms with Crippen LogP contribution in [0.15, 0.2) is 24.3 Å². The number of rotatable bonds is 2. The molecule has 3 nitrogen and oxygen atoms in total. The van der Waals surface area contributed by atoms with Crippen LogP contribution in [0.2, 0.25) is 4.47 Å². The predicted molar refractivity (Wildman–Crippen MR) is 70.7 cm³/mol. The van der Waals surface area contributed by atoms with Crippen LogP contribution in [0, 0.1) is 0 Å². The normalized spacial score (nSPS) is 14.8. The summed E-state index contributed by atoms with van der Waals surface area (Å²) in [7, 11) is 0. The first kappa shape index (κ1) is 11.0. The standard InChI is InChI=1S/C12H12ClN3S/c13-12-15-14-11(17-12)8-16-7-3-5-9-4-1-2-6-10(9)16/h1-2,4,6H,3,5,7-8H2. The molecule has 3 rings (SSSR count). The maximum absolute atomic E-state index is 5.80. The number of halogens is 1. The second-order valence-electron chi connectivity index (χ2n) is 4.10. The van der Waals surface area contributed by atoms with Gasteiger partial charge in [0.15, 0.2) is 0 Å². The Morgan fingerprint density at radius 2 is 2.18 bits per heavy atom. The number of aromatic nitrogens is 2. The second kappa shape index (κ2) is 4.63. The minimum Gasteiger partial charge on any atom is -0.364 e. The van der Waals surface area contributed by atoms with E-state index in [2.05, 4.69) is 39.4 Å². The third-order valence-electron chi connectivity index (χ3n) is 2.97. The molecule has 17 heavy (non-hydrogen) atoms. The van der Waals surface area contributed by atoms with Crippen LogP contribution in [-0.4, -0.2) is 16.7 Å².